The number of nitrogens with two attached hydrogens (primary N) is 1. The van der Waals surface area contributed by atoms with Crippen molar-refractivity contribution in [3.05, 3.63) is 23.8 Å². The fraction of sp³-hybridized carbons (Fsp3) is 0.364. The molecule has 1 aromatic rings. The molecule has 0 aliphatic heterocycles. The number of rotatable bonds is 6. The van der Waals surface area contributed by atoms with E-state index in [2.05, 4.69) is 5.32 Å². The molecule has 1 rings (SSSR count). The van der Waals surface area contributed by atoms with Crippen LogP contribution in [0.1, 0.15) is 0 Å². The number of ether oxygens (including phenoxy) is 2. The third-order valence-corrected chi connectivity index (χ3v) is 2.03. The average Bonchev–Trinajstić information content (AvgIpc) is 2.32. The Morgan fingerprint density at radius 1 is 1.33 bits per heavy atom. The van der Waals surface area contributed by atoms with E-state index in [1.807, 2.05) is 0 Å². The molecule has 0 aliphatic rings. The molecule has 1 amide bonds. The largest absolute Gasteiger partial charge is 0.396 e. The van der Waals surface area contributed by atoms with Gasteiger partial charge in [-0.15, -0.1) is 0 Å². The van der Waals surface area contributed by atoms with Crippen LogP contribution in [0.15, 0.2) is 12.1 Å². The van der Waals surface area contributed by atoms with E-state index >= 15 is 0 Å². The summed E-state index contributed by atoms with van der Waals surface area (Å²) in [6.07, 6.45) is 0. The van der Waals surface area contributed by atoms with E-state index in [0.717, 1.165) is 6.07 Å². The molecular weight excluding hydrogens is 246 g/mol. The van der Waals surface area contributed by atoms with Crippen molar-refractivity contribution in [1.29, 1.82) is 0 Å². The van der Waals surface area contributed by atoms with Crippen LogP contribution in [0.25, 0.3) is 0 Å². The van der Waals surface area contributed by atoms with E-state index in [1.165, 1.54) is 7.11 Å². The Hall–Kier alpha value is -1.73. The molecule has 3 N–H and O–H groups in total. The first-order chi connectivity index (χ1) is 8.54. The van der Waals surface area contributed by atoms with Crippen molar-refractivity contribution in [2.75, 3.05) is 38.0 Å². The lowest BCUT2D eigenvalue weighted by atomic mass is 10.2. The van der Waals surface area contributed by atoms with Gasteiger partial charge in [0.25, 0.3) is 0 Å². The Morgan fingerprint density at radius 3 is 2.72 bits per heavy atom. The second-order valence-electron chi connectivity index (χ2n) is 3.45. The van der Waals surface area contributed by atoms with Crippen molar-refractivity contribution in [2.45, 2.75) is 0 Å². The highest BCUT2D eigenvalue weighted by Crippen LogP contribution is 2.20. The number of hydrogen-bond donors (Lipinski definition) is 2. The van der Waals surface area contributed by atoms with Gasteiger partial charge in [-0.2, -0.15) is 0 Å². The molecule has 0 aliphatic carbocycles. The van der Waals surface area contributed by atoms with Crippen LogP contribution in [0.5, 0.6) is 0 Å². The summed E-state index contributed by atoms with van der Waals surface area (Å²) in [7, 11) is 1.50. The number of methoxy groups -OCH3 is 1. The van der Waals surface area contributed by atoms with E-state index in [4.69, 9.17) is 15.2 Å². The zero-order valence-corrected chi connectivity index (χ0v) is 9.83. The molecule has 7 heteroatoms. The Balaban J connectivity index is 2.51. The quantitative estimate of drug-likeness (QED) is 0.594. The summed E-state index contributed by atoms with van der Waals surface area (Å²) in [6.45, 7) is 0.350. The van der Waals surface area contributed by atoms with Crippen LogP contribution < -0.4 is 11.1 Å². The maximum atomic E-state index is 13.3. The summed E-state index contributed by atoms with van der Waals surface area (Å²) in [5, 5.41) is 2.23. The molecule has 18 heavy (non-hydrogen) atoms. The van der Waals surface area contributed by atoms with Crippen molar-refractivity contribution in [2.24, 2.45) is 0 Å². The predicted molar refractivity (Wildman–Crippen MR) is 62.1 cm³/mol. The molecule has 1 aromatic carbocycles. The molecule has 0 bridgehead atoms. The Labute approximate surface area is 103 Å². The van der Waals surface area contributed by atoms with Gasteiger partial charge in [-0.3, -0.25) is 4.79 Å². The highest BCUT2D eigenvalue weighted by Gasteiger charge is 2.10. The fourth-order valence-electron chi connectivity index (χ4n) is 1.15. The number of hydrogen-bond acceptors (Lipinski definition) is 4. The number of amides is 1. The summed E-state index contributed by atoms with van der Waals surface area (Å²) in [5.74, 6) is -2.33. The van der Waals surface area contributed by atoms with E-state index < -0.39 is 17.5 Å². The number of nitrogen functional groups attached to an aromatic ring is 1. The number of nitrogens with one attached hydrogen (secondary N) is 1. The van der Waals surface area contributed by atoms with E-state index in [1.54, 1.807) is 0 Å². The lowest BCUT2D eigenvalue weighted by Crippen LogP contribution is -2.20. The second kappa shape index (κ2) is 6.87. The topological polar surface area (TPSA) is 73.6 Å². The molecule has 0 heterocycles. The minimum Gasteiger partial charge on any atom is -0.396 e. The molecule has 5 nitrogen and oxygen atoms in total. The maximum Gasteiger partial charge on any atom is 0.250 e. The first-order valence-corrected chi connectivity index (χ1v) is 5.15. The number of carbonyl (C=O) groups excluding carboxylic acids is 1. The normalized spacial score (nSPS) is 10.4. The van der Waals surface area contributed by atoms with E-state index in [-0.39, 0.29) is 24.6 Å². The highest BCUT2D eigenvalue weighted by molar-refractivity contribution is 5.92. The molecule has 0 aromatic heterocycles. The number of benzene rings is 1. The zero-order chi connectivity index (χ0) is 13.5. The minimum atomic E-state index is -0.896. The van der Waals surface area contributed by atoms with Gasteiger partial charge < -0.3 is 20.5 Å². The first-order valence-electron chi connectivity index (χ1n) is 5.15. The van der Waals surface area contributed by atoms with Gasteiger partial charge in [-0.25, -0.2) is 8.78 Å². The predicted octanol–water partition coefficient (Wildman–Crippen LogP) is 1.15. The van der Waals surface area contributed by atoms with Crippen LogP contribution in [-0.2, 0) is 14.3 Å². The lowest BCUT2D eigenvalue weighted by molar-refractivity contribution is -0.121. The van der Waals surface area contributed by atoms with E-state index in [0.29, 0.717) is 12.7 Å². The monoisotopic (exact) mass is 260 g/mol. The number of anilines is 2. The van der Waals surface area contributed by atoms with Gasteiger partial charge in [0.05, 0.1) is 24.6 Å². The molecule has 0 saturated carbocycles. The summed E-state index contributed by atoms with van der Waals surface area (Å²) in [6, 6.07) is 1.62. The summed E-state index contributed by atoms with van der Waals surface area (Å²) < 4.78 is 35.8. The maximum absolute atomic E-state index is 13.3. The van der Waals surface area contributed by atoms with Gasteiger partial charge in [-0.05, 0) is 6.07 Å². The standard InChI is InChI=1S/C11H14F2N2O3/c1-17-2-3-18-6-11(16)15-10-5-9(14)7(12)4-8(10)13/h4-5H,2-3,6,14H2,1H3,(H,15,16). The highest BCUT2D eigenvalue weighted by atomic mass is 19.1. The van der Waals surface area contributed by atoms with E-state index in [9.17, 15) is 13.6 Å². The summed E-state index contributed by atoms with van der Waals surface area (Å²) in [4.78, 5) is 11.3. The van der Waals surface area contributed by atoms with Crippen LogP contribution in [0, 0.1) is 11.6 Å². The zero-order valence-electron chi connectivity index (χ0n) is 9.83. The van der Waals surface area contributed by atoms with Gasteiger partial charge in [0.1, 0.15) is 18.2 Å². The molecule has 0 saturated heterocycles. The van der Waals surface area contributed by atoms with Gasteiger partial charge in [0.2, 0.25) is 5.91 Å². The average molecular weight is 260 g/mol. The van der Waals surface area contributed by atoms with Crippen molar-refractivity contribution in [1.82, 2.24) is 0 Å². The Morgan fingerprint density at radius 2 is 2.06 bits per heavy atom. The molecular formula is C11H14F2N2O3. The van der Waals surface area contributed by atoms with Crippen LogP contribution >= 0.6 is 0 Å². The van der Waals surface area contributed by atoms with Crippen molar-refractivity contribution in [3.63, 3.8) is 0 Å². The van der Waals surface area contributed by atoms with Crippen LogP contribution in [0.2, 0.25) is 0 Å². The molecule has 0 fully saturated rings. The smallest absolute Gasteiger partial charge is 0.250 e. The Kier molecular flexibility index (Phi) is 5.47. The van der Waals surface area contributed by atoms with Gasteiger partial charge >= 0.3 is 0 Å². The number of carbonyl (C=O) groups is 1. The third kappa shape index (κ3) is 4.27. The lowest BCUT2D eigenvalue weighted by Gasteiger charge is -2.08. The molecule has 0 unspecified atom stereocenters. The third-order valence-electron chi connectivity index (χ3n) is 2.03. The summed E-state index contributed by atoms with van der Waals surface area (Å²) in [5.41, 5.74) is 4.83. The van der Waals surface area contributed by atoms with Crippen LogP contribution in [0.4, 0.5) is 20.2 Å². The molecule has 100 valence electrons. The van der Waals surface area contributed by atoms with Gasteiger partial charge in [0.15, 0.2) is 0 Å². The van der Waals surface area contributed by atoms with Crippen molar-refractivity contribution < 1.29 is 23.0 Å². The van der Waals surface area contributed by atoms with Gasteiger partial charge in [-0.1, -0.05) is 0 Å². The minimum absolute atomic E-state index is 0.186. The summed E-state index contributed by atoms with van der Waals surface area (Å²) >= 11 is 0. The first kappa shape index (κ1) is 14.3. The Bertz CT molecular complexity index is 427. The molecule has 0 spiro atoms. The van der Waals surface area contributed by atoms with Gasteiger partial charge in [0, 0.05) is 13.2 Å². The molecule has 0 atom stereocenters. The number of halogens is 2. The second-order valence-corrected chi connectivity index (χ2v) is 3.45. The SMILES string of the molecule is COCCOCC(=O)Nc1cc(N)c(F)cc1F. The molecule has 0 radical (unpaired) electrons. The van der Waals surface area contributed by atoms with Crippen LogP contribution in [0.3, 0.4) is 0 Å². The van der Waals surface area contributed by atoms with Crippen molar-refractivity contribution in [3.8, 4) is 0 Å². The van der Waals surface area contributed by atoms with Crippen molar-refractivity contribution >= 4 is 17.3 Å². The van der Waals surface area contributed by atoms with Crippen LogP contribution in [-0.4, -0.2) is 32.8 Å². The fourth-order valence-corrected chi connectivity index (χ4v) is 1.15.